The number of benzene rings is 1. The van der Waals surface area contributed by atoms with Crippen molar-refractivity contribution in [1.82, 2.24) is 9.55 Å². The van der Waals surface area contributed by atoms with Crippen LogP contribution in [0.4, 0.5) is 5.69 Å². The van der Waals surface area contributed by atoms with Gasteiger partial charge < -0.3 is 10.1 Å². The second kappa shape index (κ2) is 8.39. The highest BCUT2D eigenvalue weighted by Crippen LogP contribution is 2.33. The van der Waals surface area contributed by atoms with Gasteiger partial charge in [0.05, 0.1) is 23.4 Å². The number of thiophene rings is 1. The van der Waals surface area contributed by atoms with Crippen LogP contribution in [0.5, 0.6) is 0 Å². The van der Waals surface area contributed by atoms with Gasteiger partial charge in [-0.25, -0.2) is 9.78 Å². The second-order valence-electron chi connectivity index (χ2n) is 7.65. The first kappa shape index (κ1) is 20.3. The zero-order valence-corrected chi connectivity index (χ0v) is 17.8. The molecule has 0 fully saturated rings. The smallest absolute Gasteiger partial charge is 0.338 e. The summed E-state index contributed by atoms with van der Waals surface area (Å²) in [7, 11) is 0. The molecule has 8 heteroatoms. The van der Waals surface area contributed by atoms with E-state index >= 15 is 0 Å². The third kappa shape index (κ3) is 4.14. The number of rotatable bonds is 5. The number of anilines is 1. The van der Waals surface area contributed by atoms with Crippen LogP contribution in [0, 0.1) is 0 Å². The molecule has 0 aliphatic heterocycles. The van der Waals surface area contributed by atoms with Crippen molar-refractivity contribution in [1.29, 1.82) is 0 Å². The fraction of sp³-hybridized carbons (Fsp3) is 0.364. The van der Waals surface area contributed by atoms with Gasteiger partial charge in [0.2, 0.25) is 5.91 Å². The maximum absolute atomic E-state index is 13.0. The highest BCUT2D eigenvalue weighted by molar-refractivity contribution is 7.18. The molecule has 0 atom stereocenters. The lowest BCUT2D eigenvalue weighted by molar-refractivity contribution is -0.116. The molecule has 2 heterocycles. The Hall–Kier alpha value is -3.00. The zero-order chi connectivity index (χ0) is 21.3. The molecule has 2 aromatic heterocycles. The maximum atomic E-state index is 13.0. The molecule has 0 bridgehead atoms. The Balaban J connectivity index is 1.48. The molecule has 3 aromatic rings. The summed E-state index contributed by atoms with van der Waals surface area (Å²) in [6.07, 6.45) is 5.36. The summed E-state index contributed by atoms with van der Waals surface area (Å²) in [5, 5.41) is 3.42. The van der Waals surface area contributed by atoms with Crippen molar-refractivity contribution in [3.63, 3.8) is 0 Å². The Bertz CT molecular complexity index is 1160. The van der Waals surface area contributed by atoms with E-state index in [9.17, 15) is 14.4 Å². The Morgan fingerprint density at radius 2 is 1.93 bits per heavy atom. The minimum atomic E-state index is -0.409. The summed E-state index contributed by atoms with van der Waals surface area (Å²) in [5.41, 5.74) is 1.89. The predicted molar refractivity (Wildman–Crippen MR) is 116 cm³/mol. The molecule has 0 radical (unpaired) electrons. The molecular formula is C22H23N3O4S. The molecule has 156 valence electrons. The number of fused-ring (bicyclic) bond motifs is 3. The van der Waals surface area contributed by atoms with Crippen LogP contribution in [0.3, 0.4) is 0 Å². The molecule has 0 saturated carbocycles. The summed E-state index contributed by atoms with van der Waals surface area (Å²) < 4.78 is 6.50. The van der Waals surface area contributed by atoms with Crippen LogP contribution in [0.2, 0.25) is 0 Å². The van der Waals surface area contributed by atoms with Gasteiger partial charge in [0, 0.05) is 10.6 Å². The van der Waals surface area contributed by atoms with E-state index in [1.807, 2.05) is 0 Å². The molecule has 1 amide bonds. The number of nitrogens with one attached hydrogen (secondary N) is 1. The van der Waals surface area contributed by atoms with Crippen molar-refractivity contribution >= 4 is 39.1 Å². The van der Waals surface area contributed by atoms with E-state index in [-0.39, 0.29) is 24.1 Å². The monoisotopic (exact) mass is 425 g/mol. The van der Waals surface area contributed by atoms with Crippen molar-refractivity contribution in [2.24, 2.45) is 0 Å². The molecule has 0 saturated heterocycles. The van der Waals surface area contributed by atoms with E-state index in [2.05, 4.69) is 10.3 Å². The first-order valence-corrected chi connectivity index (χ1v) is 10.8. The van der Waals surface area contributed by atoms with Crippen molar-refractivity contribution in [2.75, 3.05) is 5.32 Å². The van der Waals surface area contributed by atoms with Crippen LogP contribution >= 0.6 is 11.3 Å². The van der Waals surface area contributed by atoms with Crippen LogP contribution in [0.15, 0.2) is 35.4 Å². The van der Waals surface area contributed by atoms with Gasteiger partial charge in [0.25, 0.3) is 5.56 Å². The van der Waals surface area contributed by atoms with Crippen molar-refractivity contribution in [3.8, 4) is 0 Å². The third-order valence-electron chi connectivity index (χ3n) is 5.00. The summed E-state index contributed by atoms with van der Waals surface area (Å²) in [5.74, 6) is -0.743. The topological polar surface area (TPSA) is 90.3 Å². The standard InChI is InChI=1S/C22H23N3O4S/c1-13(2)29-22(28)14-7-9-15(10-8-14)24-18(26)11-25-12-23-20-19(21(25)27)16-5-3-4-6-17(16)30-20/h7-10,12-13H,3-6,11H2,1-2H3,(H,24,26). The Kier molecular flexibility index (Phi) is 5.67. The number of aryl methyl sites for hydroxylation is 2. The summed E-state index contributed by atoms with van der Waals surface area (Å²) in [6.45, 7) is 3.45. The lowest BCUT2D eigenvalue weighted by Gasteiger charge is -2.11. The number of aromatic nitrogens is 2. The zero-order valence-electron chi connectivity index (χ0n) is 16.9. The molecule has 0 unspecified atom stereocenters. The van der Waals surface area contributed by atoms with Gasteiger partial charge in [-0.3, -0.25) is 14.2 Å². The van der Waals surface area contributed by atoms with Gasteiger partial charge in [-0.15, -0.1) is 11.3 Å². The highest BCUT2D eigenvalue weighted by atomic mass is 32.1. The van der Waals surface area contributed by atoms with E-state index < -0.39 is 5.97 Å². The lowest BCUT2D eigenvalue weighted by Crippen LogP contribution is -2.28. The number of carbonyl (C=O) groups excluding carboxylic acids is 2. The average Bonchev–Trinajstić information content (AvgIpc) is 3.09. The van der Waals surface area contributed by atoms with Crippen LogP contribution in [-0.4, -0.2) is 27.5 Å². The molecule has 30 heavy (non-hydrogen) atoms. The molecule has 7 nitrogen and oxygen atoms in total. The van der Waals surface area contributed by atoms with Gasteiger partial charge in [0.15, 0.2) is 0 Å². The molecule has 1 aliphatic rings. The van der Waals surface area contributed by atoms with Crippen molar-refractivity contribution < 1.29 is 14.3 Å². The van der Waals surface area contributed by atoms with E-state index in [0.29, 0.717) is 16.6 Å². The van der Waals surface area contributed by atoms with Gasteiger partial charge in [-0.2, -0.15) is 0 Å². The van der Waals surface area contributed by atoms with E-state index in [4.69, 9.17) is 4.74 Å². The maximum Gasteiger partial charge on any atom is 0.338 e. The van der Waals surface area contributed by atoms with Gasteiger partial charge in [0.1, 0.15) is 11.4 Å². The van der Waals surface area contributed by atoms with Gasteiger partial charge in [-0.1, -0.05) is 0 Å². The number of ether oxygens (including phenoxy) is 1. The highest BCUT2D eigenvalue weighted by Gasteiger charge is 2.20. The van der Waals surface area contributed by atoms with Crippen LogP contribution in [0.25, 0.3) is 10.2 Å². The number of esters is 1. The minimum Gasteiger partial charge on any atom is -0.459 e. The van der Waals surface area contributed by atoms with Crippen LogP contribution < -0.4 is 10.9 Å². The molecule has 4 rings (SSSR count). The first-order chi connectivity index (χ1) is 14.4. The number of nitrogens with zero attached hydrogens (tertiary/aromatic N) is 2. The summed E-state index contributed by atoms with van der Waals surface area (Å²) in [4.78, 5) is 43.7. The molecule has 1 aromatic carbocycles. The Morgan fingerprint density at radius 1 is 1.20 bits per heavy atom. The van der Waals surface area contributed by atoms with Gasteiger partial charge in [-0.05, 0) is 69.4 Å². The van der Waals surface area contributed by atoms with Crippen molar-refractivity contribution in [2.45, 2.75) is 52.2 Å². The van der Waals surface area contributed by atoms with E-state index in [1.54, 1.807) is 49.4 Å². The molecule has 0 spiro atoms. The third-order valence-corrected chi connectivity index (χ3v) is 6.20. The number of hydrogen-bond donors (Lipinski definition) is 1. The van der Waals surface area contributed by atoms with E-state index in [1.165, 1.54) is 15.8 Å². The quantitative estimate of drug-likeness (QED) is 0.632. The SMILES string of the molecule is CC(C)OC(=O)c1ccc(NC(=O)Cn2cnc3sc4c(c3c2=O)CCCC4)cc1. The van der Waals surface area contributed by atoms with Crippen LogP contribution in [0.1, 0.15) is 47.5 Å². The van der Waals surface area contributed by atoms with Gasteiger partial charge >= 0.3 is 5.97 Å². The number of hydrogen-bond acceptors (Lipinski definition) is 6. The first-order valence-electron chi connectivity index (χ1n) is 10.0. The summed E-state index contributed by atoms with van der Waals surface area (Å²) in [6, 6.07) is 6.46. The Morgan fingerprint density at radius 3 is 2.67 bits per heavy atom. The average molecular weight is 426 g/mol. The van der Waals surface area contributed by atoms with Crippen molar-refractivity contribution in [3.05, 3.63) is 57.0 Å². The number of carbonyl (C=O) groups is 2. The molecule has 1 aliphatic carbocycles. The predicted octanol–water partition coefficient (Wildman–Crippen LogP) is 3.54. The second-order valence-corrected chi connectivity index (χ2v) is 8.73. The summed E-state index contributed by atoms with van der Waals surface area (Å²) >= 11 is 1.59. The fourth-order valence-electron chi connectivity index (χ4n) is 3.62. The van der Waals surface area contributed by atoms with Crippen LogP contribution in [-0.2, 0) is 28.9 Å². The fourth-order valence-corrected chi connectivity index (χ4v) is 4.84. The Labute approximate surface area is 177 Å². The molecular weight excluding hydrogens is 402 g/mol. The lowest BCUT2D eigenvalue weighted by atomic mass is 9.97. The normalized spacial score (nSPS) is 13.3. The molecule has 1 N–H and O–H groups in total. The number of amides is 1. The van der Waals surface area contributed by atoms with E-state index in [0.717, 1.165) is 36.1 Å². The minimum absolute atomic E-state index is 0.121. The largest absolute Gasteiger partial charge is 0.459 e.